The van der Waals surface area contributed by atoms with E-state index in [0.29, 0.717) is 29.3 Å². The molecule has 17 heteroatoms. The number of carbonyl (C=O) groups is 4. The van der Waals surface area contributed by atoms with Crippen molar-refractivity contribution < 1.29 is 41.1 Å². The molecule has 5 N–H and O–H groups in total. The van der Waals surface area contributed by atoms with Gasteiger partial charge >= 0.3 is 16.4 Å². The van der Waals surface area contributed by atoms with Gasteiger partial charge in [-0.15, -0.1) is 0 Å². The summed E-state index contributed by atoms with van der Waals surface area (Å²) in [5, 5.41) is 17.2. The molecule has 1 aliphatic carbocycles. The number of anilines is 1. The number of thioether (sulfide) groups is 1. The third-order valence-corrected chi connectivity index (χ3v) is 9.45. The highest BCUT2D eigenvalue weighted by Gasteiger charge is 2.47. The van der Waals surface area contributed by atoms with Crippen LogP contribution in [0.3, 0.4) is 0 Å². The lowest BCUT2D eigenvalue weighted by Crippen LogP contribution is -2.43. The second-order valence-corrected chi connectivity index (χ2v) is 13.7. The molecule has 0 aromatic heterocycles. The lowest BCUT2D eigenvalue weighted by atomic mass is 10.1. The maximum Gasteiger partial charge on any atom is 0.397 e. The number of hydrogen-bond donors (Lipinski definition) is 5. The Morgan fingerprint density at radius 3 is 2.18 bits per heavy atom. The highest BCUT2D eigenvalue weighted by Crippen LogP contribution is 2.40. The number of hydrogen-bond acceptors (Lipinski definition) is 10. The number of ether oxygens (including phenoxy) is 1. The molecule has 2 aromatic carbocycles. The van der Waals surface area contributed by atoms with E-state index in [1.165, 1.54) is 18.9 Å². The lowest BCUT2D eigenvalue weighted by molar-refractivity contribution is -0.140. The first-order valence-corrected chi connectivity index (χ1v) is 18.3. The van der Waals surface area contributed by atoms with Crippen LogP contribution in [0.15, 0.2) is 59.6 Å². The van der Waals surface area contributed by atoms with Crippen LogP contribution < -0.4 is 16.0 Å². The highest BCUT2D eigenvalue weighted by molar-refractivity contribution is 8.15. The number of rotatable bonds is 15. The Kier molecular flexibility index (Phi) is 15.9. The Balaban J connectivity index is 0.00000103. The van der Waals surface area contributed by atoms with Crippen LogP contribution in [-0.2, 0) is 33.7 Å². The van der Waals surface area contributed by atoms with Crippen molar-refractivity contribution >= 4 is 62.5 Å². The number of methoxy groups -OCH3 is 1. The molecule has 3 amide bonds. The summed E-state index contributed by atoms with van der Waals surface area (Å²) in [7, 11) is -1.98. The Morgan fingerprint density at radius 1 is 0.940 bits per heavy atom. The molecule has 1 saturated carbocycles. The Bertz CT molecular complexity index is 1620. The molecule has 0 bridgehead atoms. The average molecular weight is 733 g/mol. The number of carbonyl (C=O) groups excluding carboxylic acids is 4. The Hall–Kier alpha value is -4.32. The number of benzene rings is 2. The molecule has 2 fully saturated rings. The summed E-state index contributed by atoms with van der Waals surface area (Å²) in [6.45, 7) is 2.75. The van der Waals surface area contributed by atoms with Gasteiger partial charge in [-0.1, -0.05) is 48.5 Å². The number of para-hydroxylation sites is 1. The van der Waals surface area contributed by atoms with Gasteiger partial charge < -0.3 is 25.6 Å². The molecule has 0 spiro atoms. The number of unbranched alkanes of at least 4 members (excludes halogenated alkanes) is 2. The van der Waals surface area contributed by atoms with Gasteiger partial charge in [0.1, 0.15) is 11.1 Å². The van der Waals surface area contributed by atoms with Gasteiger partial charge in [-0.2, -0.15) is 13.4 Å². The smallest absolute Gasteiger partial charge is 0.397 e. The van der Waals surface area contributed by atoms with Gasteiger partial charge in [0, 0.05) is 48.4 Å². The molecule has 1 heterocycles. The van der Waals surface area contributed by atoms with Crippen molar-refractivity contribution in [3.05, 3.63) is 65.7 Å². The molecular weight excluding hydrogens is 689 g/mol. The standard InChI is InChI=1S/C32H40N6O5S.CH4O4S/c1-21-28(31(42)35-20-18-27(40)43-2)44-32(38(21)25-16-17-25)37-30(41)23-14-12-22(13-15-23)29(33)34-19-8-4-7-11-26(39)36-24-9-5-3-6-10-24;1-5-6(2,3)4/h3,5-6,9-10,12-15,21,25,28H,4,7-8,11,16-20H2,1-2H3,(H2,33,34)(H,35,42)(H,36,39);1H3,(H,2,3,4). The van der Waals surface area contributed by atoms with Gasteiger partial charge in [-0.05, 0) is 56.9 Å². The molecular formula is C33H44N6O9S2. The van der Waals surface area contributed by atoms with Crippen LogP contribution in [-0.4, -0.2) is 97.2 Å². The van der Waals surface area contributed by atoms with E-state index >= 15 is 0 Å². The van der Waals surface area contributed by atoms with Crippen molar-refractivity contribution in [2.75, 3.05) is 32.6 Å². The van der Waals surface area contributed by atoms with E-state index in [-0.39, 0.29) is 48.7 Å². The summed E-state index contributed by atoms with van der Waals surface area (Å²) in [5.41, 5.74) is 1.85. The predicted molar refractivity (Wildman–Crippen MR) is 190 cm³/mol. The van der Waals surface area contributed by atoms with Crippen LogP contribution in [0.1, 0.15) is 67.8 Å². The SMILES string of the molecule is COC(=O)CCNC(=O)C1SC(=NC(=O)c2ccc(C(=N)NCCCCCC(=O)Nc3ccccc3)cc2)N(C2CC2)C1C.COS(=O)(=O)O. The van der Waals surface area contributed by atoms with Crippen molar-refractivity contribution in [2.45, 2.75) is 69.2 Å². The highest BCUT2D eigenvalue weighted by atomic mass is 32.3. The van der Waals surface area contributed by atoms with Crippen molar-refractivity contribution in [2.24, 2.45) is 4.99 Å². The van der Waals surface area contributed by atoms with Crippen molar-refractivity contribution in [3.8, 4) is 0 Å². The number of esters is 1. The summed E-state index contributed by atoms with van der Waals surface area (Å²) < 4.78 is 34.3. The molecule has 272 valence electrons. The molecule has 2 aromatic rings. The molecule has 4 rings (SSSR count). The minimum atomic E-state index is -4.16. The minimum absolute atomic E-state index is 0.00395. The van der Waals surface area contributed by atoms with Gasteiger partial charge in [0.15, 0.2) is 5.17 Å². The fourth-order valence-electron chi connectivity index (χ4n) is 4.86. The van der Waals surface area contributed by atoms with E-state index in [2.05, 4.69) is 34.8 Å². The van der Waals surface area contributed by atoms with E-state index < -0.39 is 21.6 Å². The third-order valence-electron chi connectivity index (χ3n) is 7.65. The van der Waals surface area contributed by atoms with Crippen LogP contribution in [0.5, 0.6) is 0 Å². The molecule has 2 atom stereocenters. The van der Waals surface area contributed by atoms with E-state index in [1.54, 1.807) is 24.3 Å². The summed E-state index contributed by atoms with van der Waals surface area (Å²) in [6, 6.07) is 16.3. The van der Waals surface area contributed by atoms with Gasteiger partial charge in [-0.25, -0.2) is 0 Å². The van der Waals surface area contributed by atoms with Crippen LogP contribution in [0, 0.1) is 5.41 Å². The van der Waals surface area contributed by atoms with E-state index in [4.69, 9.17) is 9.96 Å². The molecule has 50 heavy (non-hydrogen) atoms. The van der Waals surface area contributed by atoms with Gasteiger partial charge in [0.25, 0.3) is 5.91 Å². The predicted octanol–water partition coefficient (Wildman–Crippen LogP) is 3.38. The van der Waals surface area contributed by atoms with E-state index in [9.17, 15) is 27.6 Å². The van der Waals surface area contributed by atoms with Crippen LogP contribution in [0.25, 0.3) is 0 Å². The van der Waals surface area contributed by atoms with Crippen LogP contribution in [0.2, 0.25) is 0 Å². The quantitative estimate of drug-likeness (QED) is 0.0586. The van der Waals surface area contributed by atoms with Gasteiger partial charge in [-0.3, -0.25) is 33.3 Å². The van der Waals surface area contributed by atoms with E-state index in [0.717, 1.165) is 44.9 Å². The maximum absolute atomic E-state index is 13.1. The summed E-state index contributed by atoms with van der Waals surface area (Å²) in [6.07, 6.45) is 4.98. The van der Waals surface area contributed by atoms with Crippen molar-refractivity contribution in [1.82, 2.24) is 15.5 Å². The van der Waals surface area contributed by atoms with E-state index in [1.807, 2.05) is 37.3 Å². The van der Waals surface area contributed by atoms with Gasteiger partial charge in [0.2, 0.25) is 11.8 Å². The molecule has 2 aliphatic rings. The summed E-state index contributed by atoms with van der Waals surface area (Å²) in [4.78, 5) is 55.8. The number of nitrogens with one attached hydrogen (secondary N) is 4. The monoisotopic (exact) mass is 732 g/mol. The Labute approximate surface area is 296 Å². The summed E-state index contributed by atoms with van der Waals surface area (Å²) >= 11 is 1.28. The third kappa shape index (κ3) is 13.5. The van der Waals surface area contributed by atoms with Crippen LogP contribution in [0.4, 0.5) is 5.69 Å². The van der Waals surface area contributed by atoms with Crippen LogP contribution >= 0.6 is 11.8 Å². The van der Waals surface area contributed by atoms with Crippen molar-refractivity contribution in [3.63, 3.8) is 0 Å². The normalized spacial score (nSPS) is 17.7. The zero-order valence-electron chi connectivity index (χ0n) is 28.2. The molecule has 1 aliphatic heterocycles. The first-order valence-electron chi connectivity index (χ1n) is 16.1. The maximum atomic E-state index is 13.1. The largest absolute Gasteiger partial charge is 0.469 e. The molecule has 1 saturated heterocycles. The fourth-order valence-corrected chi connectivity index (χ4v) is 6.18. The number of amides is 3. The topological polar surface area (TPSA) is 217 Å². The number of nitrogens with zero attached hydrogens (tertiary/aromatic N) is 2. The zero-order valence-corrected chi connectivity index (χ0v) is 29.8. The number of aliphatic imine (C=N–C) groups is 1. The zero-order chi connectivity index (χ0) is 36.7. The fraction of sp³-hybridized carbons (Fsp3) is 0.455. The minimum Gasteiger partial charge on any atom is -0.469 e. The molecule has 15 nitrogen and oxygen atoms in total. The summed E-state index contributed by atoms with van der Waals surface area (Å²) in [5.74, 6) is -0.730. The second-order valence-electron chi connectivity index (χ2n) is 11.4. The molecule has 0 radical (unpaired) electrons. The van der Waals surface area contributed by atoms with Gasteiger partial charge in [0.05, 0.1) is 20.6 Å². The Morgan fingerprint density at radius 2 is 1.58 bits per heavy atom. The molecule has 2 unspecified atom stereocenters. The van der Waals surface area contributed by atoms with Crippen molar-refractivity contribution in [1.29, 1.82) is 5.41 Å². The first kappa shape index (κ1) is 40.1. The second kappa shape index (κ2) is 19.8. The first-order chi connectivity index (χ1) is 23.8. The average Bonchev–Trinajstić information content (AvgIpc) is 3.88. The lowest BCUT2D eigenvalue weighted by Gasteiger charge is -2.24. The number of amidine groups is 2.